The van der Waals surface area contributed by atoms with Gasteiger partial charge in [-0.05, 0) is 44.0 Å². The predicted octanol–water partition coefficient (Wildman–Crippen LogP) is 2.59. The molecule has 4 nitrogen and oxygen atoms in total. The van der Waals surface area contributed by atoms with Crippen LogP contribution >= 0.6 is 31.9 Å². The number of aryl methyl sites for hydroxylation is 1. The van der Waals surface area contributed by atoms with Gasteiger partial charge in [0, 0.05) is 7.05 Å². The van der Waals surface area contributed by atoms with E-state index in [1.165, 1.54) is 0 Å². The molecule has 6 heteroatoms. The molecule has 1 atom stereocenters. The summed E-state index contributed by atoms with van der Waals surface area (Å²) < 4.78 is 8.69. The Labute approximate surface area is 104 Å². The van der Waals surface area contributed by atoms with Crippen molar-refractivity contribution in [2.75, 3.05) is 0 Å². The van der Waals surface area contributed by atoms with Crippen molar-refractivity contribution >= 4 is 31.9 Å². The Morgan fingerprint density at radius 2 is 2.20 bits per heavy atom. The average Bonchev–Trinajstić information content (AvgIpc) is 2.73. The summed E-state index contributed by atoms with van der Waals surface area (Å²) in [6.07, 6.45) is 1.72. The van der Waals surface area contributed by atoms with Gasteiger partial charge in [0.1, 0.15) is 11.8 Å². The number of hydrogen-bond donors (Lipinski definition) is 1. The van der Waals surface area contributed by atoms with Crippen LogP contribution in [0.2, 0.25) is 0 Å². The number of hydrogen-bond acceptors (Lipinski definition) is 3. The molecule has 0 spiro atoms. The molecule has 0 fully saturated rings. The fourth-order valence-corrected chi connectivity index (χ4v) is 2.31. The lowest BCUT2D eigenvalue weighted by Gasteiger charge is -2.09. The summed E-state index contributed by atoms with van der Waals surface area (Å²) >= 11 is 6.65. The van der Waals surface area contributed by atoms with Crippen molar-refractivity contribution in [3.05, 3.63) is 38.9 Å². The third kappa shape index (κ3) is 2.02. The van der Waals surface area contributed by atoms with E-state index in [1.807, 2.05) is 19.2 Å². The highest BCUT2D eigenvalue weighted by atomic mass is 79.9. The van der Waals surface area contributed by atoms with Crippen LogP contribution in [0.25, 0.3) is 0 Å². The van der Waals surface area contributed by atoms with Crippen LogP contribution in [0.3, 0.4) is 0 Å². The van der Waals surface area contributed by atoms with Crippen LogP contribution in [-0.2, 0) is 7.05 Å². The maximum Gasteiger partial charge on any atom is 0.169 e. The first-order valence-electron chi connectivity index (χ1n) is 4.28. The van der Waals surface area contributed by atoms with Crippen LogP contribution in [0.4, 0.5) is 0 Å². The highest BCUT2D eigenvalue weighted by molar-refractivity contribution is 9.10. The molecule has 0 amide bonds. The van der Waals surface area contributed by atoms with Crippen molar-refractivity contribution in [2.45, 2.75) is 6.04 Å². The molecule has 2 heterocycles. The monoisotopic (exact) mass is 333 g/mol. The molecule has 2 aromatic rings. The number of rotatable bonds is 2. The van der Waals surface area contributed by atoms with Gasteiger partial charge in [-0.2, -0.15) is 5.10 Å². The molecule has 1 unspecified atom stereocenters. The van der Waals surface area contributed by atoms with Gasteiger partial charge < -0.3 is 10.2 Å². The van der Waals surface area contributed by atoms with Gasteiger partial charge in [0.05, 0.1) is 16.4 Å². The second kappa shape index (κ2) is 4.11. The highest BCUT2D eigenvalue weighted by Crippen LogP contribution is 2.28. The Morgan fingerprint density at radius 1 is 1.47 bits per heavy atom. The first kappa shape index (κ1) is 10.9. The SMILES string of the molecule is Cn1ncc(Br)c1C(N)c1ccc(Br)o1. The summed E-state index contributed by atoms with van der Waals surface area (Å²) in [7, 11) is 1.85. The molecule has 2 aromatic heterocycles. The highest BCUT2D eigenvalue weighted by Gasteiger charge is 2.19. The number of aromatic nitrogens is 2. The van der Waals surface area contributed by atoms with E-state index in [9.17, 15) is 0 Å². The van der Waals surface area contributed by atoms with Crippen molar-refractivity contribution in [1.29, 1.82) is 0 Å². The zero-order valence-electron chi connectivity index (χ0n) is 7.95. The van der Waals surface area contributed by atoms with E-state index in [4.69, 9.17) is 10.2 Å². The Balaban J connectivity index is 2.40. The molecule has 0 aliphatic rings. The van der Waals surface area contributed by atoms with E-state index in [1.54, 1.807) is 10.9 Å². The number of nitrogens with two attached hydrogens (primary N) is 1. The number of halogens is 2. The average molecular weight is 335 g/mol. The number of furan rings is 1. The molecule has 0 aliphatic carbocycles. The second-order valence-corrected chi connectivity index (χ2v) is 4.76. The second-order valence-electron chi connectivity index (χ2n) is 3.12. The van der Waals surface area contributed by atoms with Crippen LogP contribution in [0.15, 0.2) is 31.9 Å². The van der Waals surface area contributed by atoms with Crippen molar-refractivity contribution in [2.24, 2.45) is 12.8 Å². The van der Waals surface area contributed by atoms with Gasteiger partial charge in [-0.1, -0.05) is 0 Å². The summed E-state index contributed by atoms with van der Waals surface area (Å²) in [6.45, 7) is 0. The lowest BCUT2D eigenvalue weighted by atomic mass is 10.2. The Bertz CT molecular complexity index is 458. The minimum Gasteiger partial charge on any atom is -0.452 e. The molecule has 0 bridgehead atoms. The van der Waals surface area contributed by atoms with Gasteiger partial charge in [-0.3, -0.25) is 4.68 Å². The van der Waals surface area contributed by atoms with E-state index in [0.717, 1.165) is 10.2 Å². The van der Waals surface area contributed by atoms with E-state index in [2.05, 4.69) is 37.0 Å². The molecular formula is C9H9Br2N3O. The van der Waals surface area contributed by atoms with Gasteiger partial charge in [-0.25, -0.2) is 0 Å². The maximum absolute atomic E-state index is 6.07. The molecule has 2 rings (SSSR count). The smallest absolute Gasteiger partial charge is 0.169 e. The quantitative estimate of drug-likeness (QED) is 0.918. The maximum atomic E-state index is 6.07. The van der Waals surface area contributed by atoms with Crippen LogP contribution in [0, 0.1) is 0 Å². The molecule has 0 saturated heterocycles. The van der Waals surface area contributed by atoms with Gasteiger partial charge in [0.2, 0.25) is 0 Å². The molecule has 2 N–H and O–H groups in total. The van der Waals surface area contributed by atoms with E-state index in [-0.39, 0.29) is 6.04 Å². The van der Waals surface area contributed by atoms with Crippen LogP contribution in [0.1, 0.15) is 17.5 Å². The van der Waals surface area contributed by atoms with Crippen molar-refractivity contribution < 1.29 is 4.42 Å². The van der Waals surface area contributed by atoms with Crippen LogP contribution < -0.4 is 5.73 Å². The fraction of sp³-hybridized carbons (Fsp3) is 0.222. The Morgan fingerprint density at radius 3 is 2.67 bits per heavy atom. The summed E-state index contributed by atoms with van der Waals surface area (Å²) in [4.78, 5) is 0. The molecule has 15 heavy (non-hydrogen) atoms. The summed E-state index contributed by atoms with van der Waals surface area (Å²) in [6, 6.07) is 3.34. The molecule has 0 aromatic carbocycles. The summed E-state index contributed by atoms with van der Waals surface area (Å²) in [5.74, 6) is 0.700. The van der Waals surface area contributed by atoms with Crippen LogP contribution in [-0.4, -0.2) is 9.78 Å². The molecule has 0 saturated carbocycles. The van der Waals surface area contributed by atoms with Gasteiger partial charge >= 0.3 is 0 Å². The predicted molar refractivity (Wildman–Crippen MR) is 63.3 cm³/mol. The molecule has 0 aliphatic heterocycles. The lowest BCUT2D eigenvalue weighted by molar-refractivity contribution is 0.460. The summed E-state index contributed by atoms with van der Waals surface area (Å²) in [5.41, 5.74) is 6.96. The van der Waals surface area contributed by atoms with E-state index < -0.39 is 0 Å². The molecule has 0 radical (unpaired) electrons. The van der Waals surface area contributed by atoms with E-state index >= 15 is 0 Å². The van der Waals surface area contributed by atoms with Crippen molar-refractivity contribution in [3.8, 4) is 0 Å². The van der Waals surface area contributed by atoms with Gasteiger partial charge in [0.15, 0.2) is 4.67 Å². The van der Waals surface area contributed by atoms with Crippen molar-refractivity contribution in [3.63, 3.8) is 0 Å². The fourth-order valence-electron chi connectivity index (χ4n) is 1.40. The van der Waals surface area contributed by atoms with E-state index in [0.29, 0.717) is 10.4 Å². The van der Waals surface area contributed by atoms with Gasteiger partial charge in [0.25, 0.3) is 0 Å². The molecular weight excluding hydrogens is 326 g/mol. The molecule has 80 valence electrons. The normalized spacial score (nSPS) is 13.1. The zero-order chi connectivity index (χ0) is 11.0. The van der Waals surface area contributed by atoms with Crippen LogP contribution in [0.5, 0.6) is 0 Å². The first-order valence-corrected chi connectivity index (χ1v) is 5.86. The van der Waals surface area contributed by atoms with Crippen molar-refractivity contribution in [1.82, 2.24) is 9.78 Å². The Kier molecular flexibility index (Phi) is 2.99. The minimum atomic E-state index is -0.321. The summed E-state index contributed by atoms with van der Waals surface area (Å²) in [5, 5.41) is 4.11. The third-order valence-electron chi connectivity index (χ3n) is 2.13. The Hall–Kier alpha value is -0.590. The largest absolute Gasteiger partial charge is 0.452 e. The lowest BCUT2D eigenvalue weighted by Crippen LogP contribution is -2.15. The first-order chi connectivity index (χ1) is 7.09. The third-order valence-corrected chi connectivity index (χ3v) is 3.17. The topological polar surface area (TPSA) is 57.0 Å². The number of nitrogens with zero attached hydrogens (tertiary/aromatic N) is 2. The standard InChI is InChI=1S/C9H9Br2N3O/c1-14-9(5(10)4-13-14)8(12)6-2-3-7(11)15-6/h2-4,8H,12H2,1H3. The zero-order valence-corrected chi connectivity index (χ0v) is 11.1. The minimum absolute atomic E-state index is 0.321. The van der Waals surface area contributed by atoms with Gasteiger partial charge in [-0.15, -0.1) is 0 Å².